The van der Waals surface area contributed by atoms with E-state index >= 15 is 0 Å². The second kappa shape index (κ2) is 10.1. The number of ether oxygens (including phenoxy) is 1. The van der Waals surface area contributed by atoms with Crippen molar-refractivity contribution in [2.45, 2.75) is 32.4 Å². The molecular weight excluding hydrogens is 524 g/mol. The van der Waals surface area contributed by atoms with Gasteiger partial charge < -0.3 is 39.3 Å². The molecule has 3 N–H and O–H groups in total. The van der Waals surface area contributed by atoms with Gasteiger partial charge in [-0.1, -0.05) is 37.3 Å². The Hall–Kier alpha value is -3.47. The van der Waals surface area contributed by atoms with Crippen LogP contribution >= 0.6 is 0 Å². The summed E-state index contributed by atoms with van der Waals surface area (Å²) in [4.78, 5) is 37.5. The number of aliphatic hydroxyl groups excluding tert-OH is 1. The lowest BCUT2D eigenvalue weighted by Gasteiger charge is -2.55. The molecule has 2 aromatic rings. The summed E-state index contributed by atoms with van der Waals surface area (Å²) >= 11 is 0. The van der Waals surface area contributed by atoms with Crippen LogP contribution < -0.4 is 15.6 Å². The van der Waals surface area contributed by atoms with Crippen molar-refractivity contribution in [3.05, 3.63) is 53.2 Å². The molecule has 0 aliphatic carbocycles. The summed E-state index contributed by atoms with van der Waals surface area (Å²) < 4.78 is 8.17. The number of aliphatic carboxylic acids is 1. The number of rotatable bonds is 10. The number of β-lactam (4-membered cyclic amide) rings is 1. The number of amides is 2. The minimum absolute atomic E-state index is 0.0198. The first kappa shape index (κ1) is 27.7. The van der Waals surface area contributed by atoms with Gasteiger partial charge in [-0.3, -0.25) is 9.59 Å². The van der Waals surface area contributed by atoms with E-state index < -0.39 is 24.0 Å². The summed E-state index contributed by atoms with van der Waals surface area (Å²) in [5, 5.41) is 24.2. The Bertz CT molecular complexity index is 1430. The molecule has 4 atom stereocenters. The highest BCUT2D eigenvalue weighted by Crippen LogP contribution is 2.47. The Morgan fingerprint density at radius 2 is 1.71 bits per heavy atom. The molecule has 41 heavy (non-hydrogen) atoms. The summed E-state index contributed by atoms with van der Waals surface area (Å²) in [5.41, 5.74) is 7.16. The van der Waals surface area contributed by atoms with E-state index in [2.05, 4.69) is 12.1 Å². The van der Waals surface area contributed by atoms with E-state index in [1.807, 2.05) is 31.2 Å². The Labute approximate surface area is 239 Å². The van der Waals surface area contributed by atoms with E-state index in [1.165, 1.54) is 10.5 Å². The van der Waals surface area contributed by atoms with Crippen molar-refractivity contribution in [3.8, 4) is 5.75 Å². The zero-order valence-corrected chi connectivity index (χ0v) is 23.8. The quantitative estimate of drug-likeness (QED) is 0.303. The molecule has 0 spiro atoms. The van der Waals surface area contributed by atoms with Gasteiger partial charge in [-0.25, -0.2) is 0 Å². The van der Waals surface area contributed by atoms with Gasteiger partial charge in [0.05, 0.1) is 36.3 Å². The van der Waals surface area contributed by atoms with Gasteiger partial charge in [-0.15, -0.1) is 0 Å². The second-order valence-corrected chi connectivity index (χ2v) is 12.6. The molecule has 5 aliphatic rings. The molecule has 0 saturated carbocycles. The van der Waals surface area contributed by atoms with Gasteiger partial charge in [-0.2, -0.15) is 0 Å². The first-order chi connectivity index (χ1) is 19.5. The highest BCUT2D eigenvalue weighted by atomic mass is 16.5. The zero-order valence-electron chi connectivity index (χ0n) is 23.8. The summed E-state index contributed by atoms with van der Waals surface area (Å²) in [6.45, 7) is 11.1. The Morgan fingerprint density at radius 1 is 1.07 bits per heavy atom. The fraction of sp³-hybridized carbons (Fsp3) is 0.516. The van der Waals surface area contributed by atoms with E-state index in [0.717, 1.165) is 72.0 Å². The zero-order chi connectivity index (χ0) is 29.1. The van der Waals surface area contributed by atoms with Gasteiger partial charge in [0, 0.05) is 17.7 Å². The van der Waals surface area contributed by atoms with E-state index in [-0.39, 0.29) is 30.0 Å². The number of hydrogen-bond acceptors (Lipinski definition) is 6. The van der Waals surface area contributed by atoms with Crippen LogP contribution in [-0.2, 0) is 20.8 Å². The first-order valence-corrected chi connectivity index (χ1v) is 14.6. The summed E-state index contributed by atoms with van der Waals surface area (Å²) in [5.74, 6) is -2.23. The third-order valence-corrected chi connectivity index (χ3v) is 10.4. The molecule has 2 aromatic carbocycles. The predicted octanol–water partition coefficient (Wildman–Crippen LogP) is -0.231. The predicted molar refractivity (Wildman–Crippen MR) is 149 cm³/mol. The molecule has 0 aromatic heterocycles. The number of quaternary nitrogens is 2. The van der Waals surface area contributed by atoms with Crippen LogP contribution in [0.1, 0.15) is 19.4 Å². The molecule has 10 heteroatoms. The Morgan fingerprint density at radius 3 is 2.34 bits per heavy atom. The first-order valence-electron chi connectivity index (χ1n) is 14.6. The van der Waals surface area contributed by atoms with Crippen LogP contribution in [0.15, 0.2) is 47.7 Å². The van der Waals surface area contributed by atoms with Gasteiger partial charge in [0.1, 0.15) is 51.6 Å². The number of aliphatic hydroxyl groups is 1. The van der Waals surface area contributed by atoms with Gasteiger partial charge in [0.2, 0.25) is 5.91 Å². The highest BCUT2D eigenvalue weighted by Gasteiger charge is 2.58. The molecular formula is C31H39N4O6+. The Kier molecular flexibility index (Phi) is 6.83. The van der Waals surface area contributed by atoms with Crippen LogP contribution in [-0.4, -0.2) is 108 Å². The number of benzene rings is 2. The number of fused-ring (bicyclic) bond motifs is 5. The molecule has 2 amide bonds. The van der Waals surface area contributed by atoms with Crippen LogP contribution in [0.4, 0.5) is 0 Å². The van der Waals surface area contributed by atoms with Gasteiger partial charge in [-0.05, 0) is 29.5 Å². The van der Waals surface area contributed by atoms with E-state index in [4.69, 9.17) is 10.5 Å². The minimum Gasteiger partial charge on any atom is -0.543 e. The third-order valence-electron chi connectivity index (χ3n) is 10.4. The van der Waals surface area contributed by atoms with E-state index in [0.29, 0.717) is 17.9 Å². The molecule has 0 radical (unpaired) electrons. The van der Waals surface area contributed by atoms with Crippen molar-refractivity contribution in [1.82, 2.24) is 4.90 Å². The summed E-state index contributed by atoms with van der Waals surface area (Å²) in [6.07, 6.45) is 0.0655. The number of carbonyl (C=O) groups is 3. The lowest BCUT2D eigenvalue weighted by Crippen LogP contribution is -2.76. The van der Waals surface area contributed by atoms with Crippen LogP contribution in [0.3, 0.4) is 0 Å². The average molecular weight is 564 g/mol. The minimum atomic E-state index is -1.40. The smallest absolute Gasteiger partial charge is 0.272 e. The van der Waals surface area contributed by atoms with Crippen LogP contribution in [0.25, 0.3) is 10.8 Å². The fourth-order valence-electron chi connectivity index (χ4n) is 7.87. The highest BCUT2D eigenvalue weighted by molar-refractivity contribution is 5.99. The number of hydrogen-bond donors (Lipinski definition) is 2. The maximum absolute atomic E-state index is 12.6. The molecule has 5 aliphatic heterocycles. The monoisotopic (exact) mass is 563 g/mol. The topological polar surface area (TPSA) is 133 Å². The van der Waals surface area contributed by atoms with Crippen molar-refractivity contribution in [1.29, 1.82) is 0 Å². The average Bonchev–Trinajstić information content (AvgIpc) is 3.19. The largest absolute Gasteiger partial charge is 0.543 e. The van der Waals surface area contributed by atoms with Crippen molar-refractivity contribution in [2.24, 2.45) is 17.6 Å². The van der Waals surface area contributed by atoms with Crippen molar-refractivity contribution in [2.75, 3.05) is 59.0 Å². The molecule has 2 bridgehead atoms. The number of carboxylic acids is 1. The molecule has 4 saturated heterocycles. The van der Waals surface area contributed by atoms with Gasteiger partial charge in [0.25, 0.3) is 5.91 Å². The lowest BCUT2D eigenvalue weighted by atomic mass is 9.78. The van der Waals surface area contributed by atoms with Crippen LogP contribution in [0.2, 0.25) is 0 Å². The number of piperazine rings is 3. The number of nitrogens with two attached hydrogens (primary N) is 1. The SMILES string of the molecule is C[C@@H](O)[C@H]1C(=O)N2C(C(=O)[O-])=C(COc3cccc4c(CC[N+]56CC[N+](CC(N)=O)(CC5)CC6)cccc34)[C@H](C)[C@H]12. The second-order valence-electron chi connectivity index (χ2n) is 12.6. The lowest BCUT2D eigenvalue weighted by molar-refractivity contribution is -1.08. The maximum atomic E-state index is 12.6. The summed E-state index contributed by atoms with van der Waals surface area (Å²) in [6, 6.07) is 11.8. The number of primary amides is 1. The number of carboxylic acid groups (broad SMARTS) is 1. The molecule has 0 unspecified atom stereocenters. The number of carbonyl (C=O) groups excluding carboxylic acids is 3. The van der Waals surface area contributed by atoms with Crippen molar-refractivity contribution < 1.29 is 38.3 Å². The molecule has 5 heterocycles. The third kappa shape index (κ3) is 4.58. The van der Waals surface area contributed by atoms with Crippen molar-refractivity contribution in [3.63, 3.8) is 0 Å². The molecule has 4 fully saturated rings. The molecule has 218 valence electrons. The molecule has 10 nitrogen and oxygen atoms in total. The maximum Gasteiger partial charge on any atom is 0.272 e. The van der Waals surface area contributed by atoms with Crippen molar-refractivity contribution >= 4 is 28.6 Å². The fourth-order valence-corrected chi connectivity index (χ4v) is 7.87. The Balaban J connectivity index is 1.18. The van der Waals surface area contributed by atoms with Crippen LogP contribution in [0.5, 0.6) is 5.75 Å². The van der Waals surface area contributed by atoms with Crippen LogP contribution in [0, 0.1) is 11.8 Å². The standard InChI is InChI=1S/C31H38N4O6/c1-19-24(29(31(39)40)33-28(19)27(20(2)36)30(33)38)18-41-25-8-4-6-22-21(5-3-7-23(22)25)9-10-34-11-14-35(15-12-34,16-13-34)17-26(32)37/h3-8,19-20,27-28,36H,9-18H2,1-2H3,(H-2,32,37,39,40)/p+1/t19-,20+,27+,28+,34?,35?/m0/s1. The van der Waals surface area contributed by atoms with E-state index in [1.54, 1.807) is 6.92 Å². The normalized spacial score (nSPS) is 31.2. The van der Waals surface area contributed by atoms with E-state index in [9.17, 15) is 24.6 Å². The van der Waals surface area contributed by atoms with Gasteiger partial charge in [0.15, 0.2) is 6.54 Å². The summed E-state index contributed by atoms with van der Waals surface area (Å²) in [7, 11) is 0. The number of nitrogens with zero attached hydrogens (tertiary/aromatic N) is 3. The van der Waals surface area contributed by atoms with Gasteiger partial charge >= 0.3 is 0 Å². The molecule has 7 rings (SSSR count).